The smallest absolute Gasteiger partial charge is 0.255 e. The molecule has 2 rings (SSSR count). The van der Waals surface area contributed by atoms with Gasteiger partial charge in [-0.15, -0.1) is 0 Å². The van der Waals surface area contributed by atoms with Gasteiger partial charge < -0.3 is 15.5 Å². The predicted octanol–water partition coefficient (Wildman–Crippen LogP) is 3.01. The van der Waals surface area contributed by atoms with Crippen LogP contribution in [0.2, 0.25) is 5.15 Å². The second kappa shape index (κ2) is 7.11. The van der Waals surface area contributed by atoms with Crippen LogP contribution in [0.5, 0.6) is 0 Å². The first-order valence-electron chi connectivity index (χ1n) is 6.89. The van der Waals surface area contributed by atoms with Crippen molar-refractivity contribution in [3.05, 3.63) is 47.1 Å². The minimum Gasteiger partial charge on any atom is -0.363 e. The Morgan fingerprint density at radius 1 is 1.04 bits per heavy atom. The van der Waals surface area contributed by atoms with Gasteiger partial charge in [0.15, 0.2) is 0 Å². The van der Waals surface area contributed by atoms with Crippen LogP contribution in [0.25, 0.3) is 0 Å². The van der Waals surface area contributed by atoms with Gasteiger partial charge in [0.2, 0.25) is 5.91 Å². The van der Waals surface area contributed by atoms with Crippen molar-refractivity contribution in [2.45, 2.75) is 6.92 Å². The summed E-state index contributed by atoms with van der Waals surface area (Å²) in [7, 11) is 3.64. The molecule has 0 fully saturated rings. The summed E-state index contributed by atoms with van der Waals surface area (Å²) in [5.41, 5.74) is 1.69. The number of nitrogens with one attached hydrogen (secondary N) is 2. The molecule has 1 aromatic carbocycles. The molecule has 0 radical (unpaired) electrons. The molecule has 6 nitrogen and oxygen atoms in total. The van der Waals surface area contributed by atoms with E-state index in [0.29, 0.717) is 22.8 Å². The van der Waals surface area contributed by atoms with Crippen molar-refractivity contribution in [3.63, 3.8) is 0 Å². The number of benzene rings is 1. The Kier molecular flexibility index (Phi) is 5.18. The first kappa shape index (κ1) is 16.8. The van der Waals surface area contributed by atoms with E-state index in [1.807, 2.05) is 14.1 Å². The Balaban J connectivity index is 2.14. The lowest BCUT2D eigenvalue weighted by molar-refractivity contribution is -0.114. The first-order valence-corrected chi connectivity index (χ1v) is 7.27. The highest BCUT2D eigenvalue weighted by molar-refractivity contribution is 6.30. The molecule has 0 aliphatic carbocycles. The van der Waals surface area contributed by atoms with E-state index in [-0.39, 0.29) is 17.0 Å². The molecule has 0 atom stereocenters. The lowest BCUT2D eigenvalue weighted by atomic mass is 10.2. The number of carbonyl (C=O) groups is 2. The number of anilines is 3. The Morgan fingerprint density at radius 2 is 1.61 bits per heavy atom. The summed E-state index contributed by atoms with van der Waals surface area (Å²) >= 11 is 5.95. The van der Waals surface area contributed by atoms with Crippen LogP contribution >= 0.6 is 11.6 Å². The summed E-state index contributed by atoms with van der Waals surface area (Å²) in [6.45, 7) is 1.44. The van der Waals surface area contributed by atoms with Crippen LogP contribution in [0.4, 0.5) is 17.2 Å². The van der Waals surface area contributed by atoms with Crippen LogP contribution in [-0.2, 0) is 4.79 Å². The van der Waals surface area contributed by atoms with Crippen molar-refractivity contribution in [2.75, 3.05) is 29.6 Å². The van der Waals surface area contributed by atoms with Gasteiger partial charge in [-0.25, -0.2) is 4.98 Å². The third-order valence-electron chi connectivity index (χ3n) is 2.96. The highest BCUT2D eigenvalue weighted by Crippen LogP contribution is 2.19. The Hall–Kier alpha value is -2.60. The van der Waals surface area contributed by atoms with E-state index in [1.54, 1.807) is 35.2 Å². The number of aromatic nitrogens is 1. The van der Waals surface area contributed by atoms with E-state index in [1.165, 1.54) is 13.0 Å². The molecule has 7 heteroatoms. The number of carbonyl (C=O) groups excluding carboxylic acids is 2. The van der Waals surface area contributed by atoms with Crippen molar-refractivity contribution in [1.29, 1.82) is 0 Å². The zero-order valence-corrected chi connectivity index (χ0v) is 13.8. The number of hydrogen-bond donors (Lipinski definition) is 2. The van der Waals surface area contributed by atoms with Crippen molar-refractivity contribution in [1.82, 2.24) is 4.98 Å². The Morgan fingerprint density at radius 3 is 2.13 bits per heavy atom. The van der Waals surface area contributed by atoms with Crippen LogP contribution in [-0.4, -0.2) is 30.9 Å². The number of pyridine rings is 1. The second-order valence-electron chi connectivity index (χ2n) is 5.14. The average Bonchev–Trinajstić information content (AvgIpc) is 2.48. The Bertz CT molecular complexity index is 729. The number of halogens is 1. The summed E-state index contributed by atoms with van der Waals surface area (Å²) in [5, 5.41) is 5.69. The molecule has 0 unspecified atom stereocenters. The van der Waals surface area contributed by atoms with Gasteiger partial charge in [0.05, 0.1) is 0 Å². The molecule has 1 aromatic heterocycles. The molecule has 23 heavy (non-hydrogen) atoms. The third kappa shape index (κ3) is 4.69. The van der Waals surface area contributed by atoms with E-state index < -0.39 is 0 Å². The second-order valence-corrected chi connectivity index (χ2v) is 5.53. The van der Waals surface area contributed by atoms with E-state index in [4.69, 9.17) is 11.6 Å². The maximum absolute atomic E-state index is 12.3. The van der Waals surface area contributed by atoms with Gasteiger partial charge in [-0.3, -0.25) is 9.59 Å². The summed E-state index contributed by atoms with van der Waals surface area (Å²) in [4.78, 5) is 29.2. The van der Waals surface area contributed by atoms with Gasteiger partial charge >= 0.3 is 0 Å². The summed E-state index contributed by atoms with van der Waals surface area (Å²) in [5.74, 6) is 0.165. The van der Waals surface area contributed by atoms with Crippen molar-refractivity contribution in [2.24, 2.45) is 0 Å². The quantitative estimate of drug-likeness (QED) is 0.844. The Labute approximate surface area is 139 Å². The highest BCUT2D eigenvalue weighted by Gasteiger charge is 2.11. The molecule has 0 spiro atoms. The minimum atomic E-state index is -0.287. The molecular weight excluding hydrogens is 316 g/mol. The standard InChI is InChI=1S/C16H17ClN4O2/c1-10(22)18-12-4-6-13(7-5-12)19-16(23)11-8-14(17)20-15(9-11)21(2)3/h4-9H,1-3H3,(H,18,22)(H,19,23). The minimum absolute atomic E-state index is 0.149. The number of hydrogen-bond acceptors (Lipinski definition) is 4. The van der Waals surface area contributed by atoms with Crippen LogP contribution in [0.1, 0.15) is 17.3 Å². The normalized spacial score (nSPS) is 10.1. The molecule has 0 saturated carbocycles. The van der Waals surface area contributed by atoms with Gasteiger partial charge in [-0.2, -0.15) is 0 Å². The van der Waals surface area contributed by atoms with E-state index in [2.05, 4.69) is 15.6 Å². The highest BCUT2D eigenvalue weighted by atomic mass is 35.5. The molecule has 0 aliphatic rings. The summed E-state index contributed by atoms with van der Waals surface area (Å²) in [6, 6.07) is 10.0. The molecule has 0 aliphatic heterocycles. The third-order valence-corrected chi connectivity index (χ3v) is 3.16. The molecule has 0 saturated heterocycles. The van der Waals surface area contributed by atoms with Crippen LogP contribution < -0.4 is 15.5 Å². The van der Waals surface area contributed by atoms with Crippen LogP contribution in [0.3, 0.4) is 0 Å². The van der Waals surface area contributed by atoms with Gasteiger partial charge in [0, 0.05) is 38.0 Å². The lowest BCUT2D eigenvalue weighted by Crippen LogP contribution is -2.15. The molecule has 0 bridgehead atoms. The zero-order chi connectivity index (χ0) is 17.0. The number of amides is 2. The molecule has 1 heterocycles. The van der Waals surface area contributed by atoms with Gasteiger partial charge in [-0.05, 0) is 36.4 Å². The van der Waals surface area contributed by atoms with Gasteiger partial charge in [0.1, 0.15) is 11.0 Å². The molecule has 2 N–H and O–H groups in total. The van der Waals surface area contributed by atoms with Crippen molar-refractivity contribution >= 4 is 40.6 Å². The summed E-state index contributed by atoms with van der Waals surface area (Å²) < 4.78 is 0. The summed E-state index contributed by atoms with van der Waals surface area (Å²) in [6.07, 6.45) is 0. The fourth-order valence-electron chi connectivity index (χ4n) is 1.89. The van der Waals surface area contributed by atoms with Crippen molar-refractivity contribution < 1.29 is 9.59 Å². The van der Waals surface area contributed by atoms with Crippen LogP contribution in [0, 0.1) is 0 Å². The average molecular weight is 333 g/mol. The molecule has 2 amide bonds. The first-order chi connectivity index (χ1) is 10.8. The topological polar surface area (TPSA) is 74.3 Å². The molecule has 120 valence electrons. The SMILES string of the molecule is CC(=O)Nc1ccc(NC(=O)c2cc(Cl)nc(N(C)C)c2)cc1. The number of rotatable bonds is 4. The maximum atomic E-state index is 12.3. The molecule has 2 aromatic rings. The van der Waals surface area contributed by atoms with Crippen molar-refractivity contribution in [3.8, 4) is 0 Å². The fraction of sp³-hybridized carbons (Fsp3) is 0.188. The maximum Gasteiger partial charge on any atom is 0.255 e. The van der Waals surface area contributed by atoms with Gasteiger partial charge in [-0.1, -0.05) is 11.6 Å². The van der Waals surface area contributed by atoms with E-state index >= 15 is 0 Å². The molecular formula is C16H17ClN4O2. The van der Waals surface area contributed by atoms with E-state index in [9.17, 15) is 9.59 Å². The number of nitrogens with zero attached hydrogens (tertiary/aromatic N) is 2. The predicted molar refractivity (Wildman–Crippen MR) is 92.3 cm³/mol. The van der Waals surface area contributed by atoms with E-state index in [0.717, 1.165) is 0 Å². The van der Waals surface area contributed by atoms with Gasteiger partial charge in [0.25, 0.3) is 5.91 Å². The lowest BCUT2D eigenvalue weighted by Gasteiger charge is -2.13. The van der Waals surface area contributed by atoms with Crippen LogP contribution in [0.15, 0.2) is 36.4 Å². The fourth-order valence-corrected chi connectivity index (χ4v) is 2.09. The monoisotopic (exact) mass is 332 g/mol. The zero-order valence-electron chi connectivity index (χ0n) is 13.1. The largest absolute Gasteiger partial charge is 0.363 e.